The molecule has 0 saturated heterocycles. The SMILES string of the molecule is C/C=C/c1ccc(OCCCF)c(OCc2ccccc2)c1. The van der Waals surface area contributed by atoms with E-state index in [9.17, 15) is 4.39 Å². The lowest BCUT2D eigenvalue weighted by Gasteiger charge is -2.13. The predicted molar refractivity (Wildman–Crippen MR) is 88.0 cm³/mol. The summed E-state index contributed by atoms with van der Waals surface area (Å²) in [7, 11) is 0. The summed E-state index contributed by atoms with van der Waals surface area (Å²) in [5, 5.41) is 0. The molecule has 0 radical (unpaired) electrons. The Kier molecular flexibility index (Phi) is 6.49. The lowest BCUT2D eigenvalue weighted by Crippen LogP contribution is -2.02. The van der Waals surface area contributed by atoms with Crippen molar-refractivity contribution in [2.45, 2.75) is 20.0 Å². The lowest BCUT2D eigenvalue weighted by molar-refractivity contribution is 0.252. The summed E-state index contributed by atoms with van der Waals surface area (Å²) < 4.78 is 23.7. The van der Waals surface area contributed by atoms with Crippen molar-refractivity contribution in [1.29, 1.82) is 0 Å². The second-order valence-corrected chi connectivity index (χ2v) is 4.87. The Labute approximate surface area is 131 Å². The molecule has 0 amide bonds. The highest BCUT2D eigenvalue weighted by molar-refractivity contribution is 5.55. The zero-order chi connectivity index (χ0) is 15.6. The molecule has 0 aliphatic carbocycles. The van der Waals surface area contributed by atoms with E-state index in [1.165, 1.54) is 0 Å². The van der Waals surface area contributed by atoms with Crippen molar-refractivity contribution in [2.24, 2.45) is 0 Å². The van der Waals surface area contributed by atoms with Gasteiger partial charge in [0.05, 0.1) is 13.3 Å². The molecule has 0 aromatic heterocycles. The van der Waals surface area contributed by atoms with Crippen molar-refractivity contribution in [3.63, 3.8) is 0 Å². The molecule has 0 aliphatic rings. The molecule has 0 aliphatic heterocycles. The van der Waals surface area contributed by atoms with Gasteiger partial charge in [-0.25, -0.2) is 0 Å². The van der Waals surface area contributed by atoms with Crippen molar-refractivity contribution < 1.29 is 13.9 Å². The summed E-state index contributed by atoms with van der Waals surface area (Å²) in [6, 6.07) is 15.7. The first-order chi connectivity index (χ1) is 10.8. The molecule has 2 rings (SSSR count). The fourth-order valence-electron chi connectivity index (χ4n) is 2.02. The number of benzene rings is 2. The first-order valence-electron chi connectivity index (χ1n) is 7.45. The molecule has 0 atom stereocenters. The third kappa shape index (κ3) is 4.92. The maximum absolute atomic E-state index is 12.2. The van der Waals surface area contributed by atoms with Crippen molar-refractivity contribution in [1.82, 2.24) is 0 Å². The second kappa shape index (κ2) is 8.88. The molecule has 0 fully saturated rings. The number of hydrogen-bond acceptors (Lipinski definition) is 2. The molecular formula is C19H21FO2. The average molecular weight is 300 g/mol. The number of rotatable bonds is 8. The Hall–Kier alpha value is -2.29. The molecule has 2 nitrogen and oxygen atoms in total. The van der Waals surface area contributed by atoms with Gasteiger partial charge in [0.15, 0.2) is 11.5 Å². The highest BCUT2D eigenvalue weighted by Crippen LogP contribution is 2.30. The topological polar surface area (TPSA) is 18.5 Å². The molecule has 22 heavy (non-hydrogen) atoms. The van der Waals surface area contributed by atoms with E-state index in [1.54, 1.807) is 0 Å². The zero-order valence-corrected chi connectivity index (χ0v) is 12.8. The van der Waals surface area contributed by atoms with Gasteiger partial charge in [0.1, 0.15) is 6.61 Å². The molecule has 0 bridgehead atoms. The van der Waals surface area contributed by atoms with Crippen LogP contribution in [0.25, 0.3) is 6.08 Å². The van der Waals surface area contributed by atoms with Crippen LogP contribution >= 0.6 is 0 Å². The highest BCUT2D eigenvalue weighted by atomic mass is 19.1. The van der Waals surface area contributed by atoms with Gasteiger partial charge in [-0.3, -0.25) is 4.39 Å². The smallest absolute Gasteiger partial charge is 0.162 e. The van der Waals surface area contributed by atoms with Crippen molar-refractivity contribution in [3.8, 4) is 11.5 Å². The van der Waals surface area contributed by atoms with E-state index in [1.807, 2.05) is 67.6 Å². The van der Waals surface area contributed by atoms with Crippen molar-refractivity contribution in [3.05, 3.63) is 65.7 Å². The largest absolute Gasteiger partial charge is 0.490 e. The molecule has 2 aromatic rings. The number of hydrogen-bond donors (Lipinski definition) is 0. The fraction of sp³-hybridized carbons (Fsp3) is 0.263. The normalized spacial score (nSPS) is 10.8. The minimum Gasteiger partial charge on any atom is -0.490 e. The summed E-state index contributed by atoms with van der Waals surface area (Å²) >= 11 is 0. The molecular weight excluding hydrogens is 279 g/mol. The zero-order valence-electron chi connectivity index (χ0n) is 12.8. The summed E-state index contributed by atoms with van der Waals surface area (Å²) in [5.74, 6) is 1.33. The summed E-state index contributed by atoms with van der Waals surface area (Å²) in [4.78, 5) is 0. The Balaban J connectivity index is 2.11. The van der Waals surface area contributed by atoms with Crippen LogP contribution in [-0.4, -0.2) is 13.3 Å². The molecule has 0 saturated carbocycles. The van der Waals surface area contributed by atoms with E-state index in [0.29, 0.717) is 31.1 Å². The minimum absolute atomic E-state index is 0.348. The van der Waals surface area contributed by atoms with E-state index in [2.05, 4.69) is 0 Å². The van der Waals surface area contributed by atoms with E-state index < -0.39 is 0 Å². The molecule has 0 heterocycles. The fourth-order valence-corrected chi connectivity index (χ4v) is 2.02. The number of halogens is 1. The van der Waals surface area contributed by atoms with Gasteiger partial charge in [-0.1, -0.05) is 48.6 Å². The lowest BCUT2D eigenvalue weighted by atomic mass is 10.2. The molecule has 3 heteroatoms. The highest BCUT2D eigenvalue weighted by Gasteiger charge is 2.06. The minimum atomic E-state index is -0.378. The van der Waals surface area contributed by atoms with Gasteiger partial charge >= 0.3 is 0 Å². The van der Waals surface area contributed by atoms with Gasteiger partial charge < -0.3 is 9.47 Å². The van der Waals surface area contributed by atoms with Crippen LogP contribution in [0.3, 0.4) is 0 Å². The maximum atomic E-state index is 12.2. The average Bonchev–Trinajstić information content (AvgIpc) is 2.56. The van der Waals surface area contributed by atoms with Crippen LogP contribution in [0.1, 0.15) is 24.5 Å². The second-order valence-electron chi connectivity index (χ2n) is 4.87. The third-order valence-corrected chi connectivity index (χ3v) is 3.10. The molecule has 2 aromatic carbocycles. The number of alkyl halides is 1. The van der Waals surface area contributed by atoms with E-state index in [-0.39, 0.29) is 6.67 Å². The van der Waals surface area contributed by atoms with Crippen molar-refractivity contribution >= 4 is 6.08 Å². The third-order valence-electron chi connectivity index (χ3n) is 3.10. The van der Waals surface area contributed by atoms with Crippen LogP contribution in [0.2, 0.25) is 0 Å². The Morgan fingerprint density at radius 2 is 1.82 bits per heavy atom. The molecule has 0 spiro atoms. The molecule has 0 unspecified atom stereocenters. The van der Waals surface area contributed by atoms with Crippen molar-refractivity contribution in [2.75, 3.05) is 13.3 Å². The summed E-state index contributed by atoms with van der Waals surface area (Å²) in [6.45, 7) is 2.41. The van der Waals surface area contributed by atoms with Crippen LogP contribution in [0.5, 0.6) is 11.5 Å². The number of allylic oxidation sites excluding steroid dienone is 1. The van der Waals surface area contributed by atoms with Gasteiger partial charge in [-0.15, -0.1) is 0 Å². The molecule has 116 valence electrons. The van der Waals surface area contributed by atoms with Gasteiger partial charge in [-0.2, -0.15) is 0 Å². The summed E-state index contributed by atoms with van der Waals surface area (Å²) in [5.41, 5.74) is 2.14. The first kappa shape index (κ1) is 16.1. The summed E-state index contributed by atoms with van der Waals surface area (Å²) in [6.07, 6.45) is 4.36. The van der Waals surface area contributed by atoms with Crippen LogP contribution in [0.15, 0.2) is 54.6 Å². The molecule has 0 N–H and O–H groups in total. The van der Waals surface area contributed by atoms with Crippen LogP contribution < -0.4 is 9.47 Å². The van der Waals surface area contributed by atoms with Gasteiger partial charge in [0, 0.05) is 6.42 Å². The number of ether oxygens (including phenoxy) is 2. The Morgan fingerprint density at radius 3 is 2.55 bits per heavy atom. The monoisotopic (exact) mass is 300 g/mol. The van der Waals surface area contributed by atoms with Gasteiger partial charge in [-0.05, 0) is 30.2 Å². The van der Waals surface area contributed by atoms with E-state index in [4.69, 9.17) is 9.47 Å². The van der Waals surface area contributed by atoms with Gasteiger partial charge in [0.2, 0.25) is 0 Å². The van der Waals surface area contributed by atoms with Crippen LogP contribution in [0, 0.1) is 0 Å². The standard InChI is InChI=1S/C19H21FO2/c1-2-7-16-10-11-18(21-13-6-12-20)19(14-16)22-15-17-8-4-3-5-9-17/h2-5,7-11,14H,6,12-13,15H2,1H3/b7-2+. The van der Waals surface area contributed by atoms with E-state index >= 15 is 0 Å². The quantitative estimate of drug-likeness (QED) is 0.636. The van der Waals surface area contributed by atoms with Crippen LogP contribution in [-0.2, 0) is 6.61 Å². The van der Waals surface area contributed by atoms with E-state index in [0.717, 1.165) is 11.1 Å². The Morgan fingerprint density at radius 1 is 1.00 bits per heavy atom. The maximum Gasteiger partial charge on any atom is 0.162 e. The Bertz CT molecular complexity index is 594. The first-order valence-corrected chi connectivity index (χ1v) is 7.45. The predicted octanol–water partition coefficient (Wildman–Crippen LogP) is 5.04. The van der Waals surface area contributed by atoms with Crippen LogP contribution in [0.4, 0.5) is 4.39 Å². The van der Waals surface area contributed by atoms with Gasteiger partial charge in [0.25, 0.3) is 0 Å².